The Kier molecular flexibility index (Phi) is 18.5. The molecular weight excluding hydrogens is 1160 g/mol. The van der Waals surface area contributed by atoms with Crippen LogP contribution in [0.3, 0.4) is 0 Å². The predicted octanol–water partition coefficient (Wildman–Crippen LogP) is 5.35. The van der Waals surface area contributed by atoms with E-state index in [9.17, 15) is 70.3 Å². The van der Waals surface area contributed by atoms with E-state index in [1.54, 1.807) is 18.2 Å². The van der Waals surface area contributed by atoms with Crippen LogP contribution >= 0.6 is 18.9 Å². The zero-order valence-electron chi connectivity index (χ0n) is 45.2. The van der Waals surface area contributed by atoms with E-state index in [4.69, 9.17) is 10.5 Å². The topological polar surface area (TPSA) is 304 Å². The molecule has 0 spiro atoms. The first-order valence-corrected chi connectivity index (χ1v) is 29.6. The molecule has 9 rings (SSSR count). The van der Waals surface area contributed by atoms with Gasteiger partial charge in [0.15, 0.2) is 0 Å². The van der Waals surface area contributed by atoms with Gasteiger partial charge in [0.1, 0.15) is 42.4 Å². The van der Waals surface area contributed by atoms with Crippen molar-refractivity contribution in [2.24, 2.45) is 5.73 Å². The van der Waals surface area contributed by atoms with Crippen LogP contribution in [-0.4, -0.2) is 128 Å². The van der Waals surface area contributed by atoms with E-state index in [0.717, 1.165) is 53.8 Å². The molecule has 9 amide bonds. The first-order valence-electron chi connectivity index (χ1n) is 27.1. The van der Waals surface area contributed by atoms with Crippen LogP contribution in [0, 0.1) is 23.5 Å². The summed E-state index contributed by atoms with van der Waals surface area (Å²) in [6, 6.07) is 12.1. The number of benzene rings is 4. The number of carbonyl (C=O) groups excluding carboxylic acids is 9. The molecule has 0 radical (unpaired) electrons. The van der Waals surface area contributed by atoms with Crippen molar-refractivity contribution in [1.82, 2.24) is 36.0 Å². The van der Waals surface area contributed by atoms with Crippen LogP contribution in [0.25, 0.3) is 10.1 Å². The summed E-state index contributed by atoms with van der Waals surface area (Å²) in [5, 5.41) is 10.2. The maximum atomic E-state index is 15.0. The highest BCUT2D eigenvalue weighted by molar-refractivity contribution is 7.52. The van der Waals surface area contributed by atoms with Crippen molar-refractivity contribution < 1.29 is 79.8 Å². The lowest BCUT2D eigenvalue weighted by Gasteiger charge is -2.39. The third-order valence-corrected chi connectivity index (χ3v) is 17.4. The summed E-state index contributed by atoms with van der Waals surface area (Å²) in [5.41, 5.74) is 1.81. The number of amides is 9. The van der Waals surface area contributed by atoms with Gasteiger partial charge in [-0.25, -0.2) is 13.6 Å². The second-order valence-corrected chi connectivity index (χ2v) is 23.7. The molecular formula is C58H57F4N8O13PS. The minimum Gasteiger partial charge on any atom is -0.447 e. The van der Waals surface area contributed by atoms with Crippen LogP contribution in [-0.2, 0) is 50.3 Å². The lowest BCUT2D eigenvalue weighted by molar-refractivity contribution is -0.146. The summed E-state index contributed by atoms with van der Waals surface area (Å²) in [6.07, 6.45) is 1.43. The zero-order chi connectivity index (χ0) is 60.9. The van der Waals surface area contributed by atoms with Crippen LogP contribution in [0.5, 0.6) is 0 Å². The predicted molar refractivity (Wildman–Crippen MR) is 297 cm³/mol. The number of carbonyl (C=O) groups is 9. The fraction of sp³-hybridized carbons (Fsp3) is 0.362. The number of primary amides is 1. The van der Waals surface area contributed by atoms with Gasteiger partial charge in [0.25, 0.3) is 11.8 Å². The van der Waals surface area contributed by atoms with Crippen molar-refractivity contribution in [1.29, 1.82) is 0 Å². The first-order chi connectivity index (χ1) is 40.5. The van der Waals surface area contributed by atoms with Crippen molar-refractivity contribution >= 4 is 82.4 Å². The number of unbranched alkanes of at least 4 members (excludes halogenated alkanes) is 3. The maximum Gasteiger partial charge on any atom is 0.404 e. The molecule has 0 bridgehead atoms. The lowest BCUT2D eigenvalue weighted by Crippen LogP contribution is -2.62. The molecule has 3 fully saturated rings. The van der Waals surface area contributed by atoms with Crippen LogP contribution in [0.4, 0.5) is 22.4 Å². The van der Waals surface area contributed by atoms with E-state index < -0.39 is 115 Å². The Morgan fingerprint density at radius 1 is 0.871 bits per heavy atom. The highest BCUT2D eigenvalue weighted by atomic mass is 32.1. The van der Waals surface area contributed by atoms with Crippen molar-refractivity contribution in [2.45, 2.75) is 113 Å². The van der Waals surface area contributed by atoms with Gasteiger partial charge in [-0.1, -0.05) is 54.7 Å². The molecule has 0 saturated carbocycles. The Hall–Kier alpha value is -8.50. The Balaban J connectivity index is 0.895. The number of nitrogens with two attached hydrogens (primary N) is 1. The largest absolute Gasteiger partial charge is 0.447 e. The van der Waals surface area contributed by atoms with Crippen molar-refractivity contribution in [3.63, 3.8) is 0 Å². The number of piperidine rings is 1. The highest BCUT2D eigenvalue weighted by Gasteiger charge is 2.51. The molecule has 3 saturated heterocycles. The zero-order valence-corrected chi connectivity index (χ0v) is 46.9. The number of imide groups is 1. The summed E-state index contributed by atoms with van der Waals surface area (Å²) in [4.78, 5) is 144. The van der Waals surface area contributed by atoms with Gasteiger partial charge in [-0.05, 0) is 115 Å². The van der Waals surface area contributed by atoms with Crippen LogP contribution in [0.15, 0.2) is 91.0 Å². The van der Waals surface area contributed by atoms with Gasteiger partial charge < -0.3 is 50.9 Å². The third kappa shape index (κ3) is 13.9. The number of halogens is 4. The van der Waals surface area contributed by atoms with Gasteiger partial charge in [-0.2, -0.15) is 8.78 Å². The maximum absolute atomic E-state index is 15.0. The van der Waals surface area contributed by atoms with Gasteiger partial charge in [-0.15, -0.1) is 11.3 Å². The molecule has 4 aliphatic heterocycles. The number of hydrogen-bond acceptors (Lipinski definition) is 12. The molecule has 0 aliphatic carbocycles. The molecule has 27 heteroatoms. The summed E-state index contributed by atoms with van der Waals surface area (Å²) < 4.78 is 75.5. The quantitative estimate of drug-likeness (QED) is 0.0192. The first kappa shape index (κ1) is 61.1. The van der Waals surface area contributed by atoms with E-state index in [-0.39, 0.29) is 96.1 Å². The molecule has 1 aromatic heterocycles. The van der Waals surface area contributed by atoms with E-state index in [0.29, 0.717) is 42.4 Å². The van der Waals surface area contributed by atoms with Crippen molar-refractivity contribution in [3.8, 4) is 11.8 Å². The monoisotopic (exact) mass is 1210 g/mol. The molecule has 4 aromatic carbocycles. The molecule has 8 N–H and O–H groups in total. The lowest BCUT2D eigenvalue weighted by atomic mass is 9.98. The Labute approximate surface area is 487 Å². The minimum absolute atomic E-state index is 0.0174. The molecule has 5 aromatic rings. The summed E-state index contributed by atoms with van der Waals surface area (Å²) in [6.45, 7) is -0.990. The van der Waals surface area contributed by atoms with Gasteiger partial charge in [-0.3, -0.25) is 48.2 Å². The fourth-order valence-corrected chi connectivity index (χ4v) is 12.4. The number of thiophene rings is 1. The standard InChI is InChI=1S/C58H57F4N8O13PS/c59-37-13-6-11-33(26-37)50(34-12-7-14-38(60)27-34)67-51(73)43(31-83-57(63)79)65-53(75)45-19-18-39-23-24-68(30-42(56(78)70(39)45)64-54(76)47-28-35-25-36(17-21-46(35)85-47)58(61,62)84(80,81)82)49(72)16-5-3-1-2-4-9-32-10-8-15-40-41(32)29-69(55(40)77)44-20-22-48(71)66-52(44)74/h6-8,10-15,17,21,25-28,39,42-45,50H,1-3,5,16,18-20,22-24,29-31H2,(H2,63,79)(H,64,76)(H,65,75)(H,67,73)(H,66,71,74)(H2,80,81,82)/t39-,42+,43+,44?,45+/m1/s1. The van der Waals surface area contributed by atoms with Crippen LogP contribution < -0.4 is 27.0 Å². The van der Waals surface area contributed by atoms with E-state index in [1.165, 1.54) is 45.0 Å². The molecule has 21 nitrogen and oxygen atoms in total. The van der Waals surface area contributed by atoms with Crippen LogP contribution in [0.1, 0.15) is 118 Å². The van der Waals surface area contributed by atoms with Gasteiger partial charge in [0, 0.05) is 66.3 Å². The van der Waals surface area contributed by atoms with E-state index in [2.05, 4.69) is 33.1 Å². The number of nitrogens with zero attached hydrogens (tertiary/aromatic N) is 3. The number of rotatable bonds is 18. The second-order valence-electron chi connectivity index (χ2n) is 20.9. The SMILES string of the molecule is NC(=O)OC[C@H](NC(=O)[C@@H]1CC[C@@H]2CCN(C(=O)CCCCCC#Cc3cccc4c3CN(C3CCC(=O)NC3=O)C4=O)C[C@H](NC(=O)c3cc4cc(C(F)(F)P(=O)(O)O)ccc4s3)C(=O)N21)C(=O)NC(c1cccc(F)c1)c1cccc(F)c1. The number of nitrogens with one attached hydrogen (secondary N) is 4. The van der Waals surface area contributed by atoms with E-state index in [1.807, 2.05) is 0 Å². The Morgan fingerprint density at radius 3 is 2.27 bits per heavy atom. The highest BCUT2D eigenvalue weighted by Crippen LogP contribution is 2.59. The number of ether oxygens (including phenoxy) is 1. The molecule has 85 heavy (non-hydrogen) atoms. The number of hydrogen-bond donors (Lipinski definition) is 7. The fourth-order valence-electron chi connectivity index (χ4n) is 11.0. The summed E-state index contributed by atoms with van der Waals surface area (Å²) in [7, 11) is -5.95. The Morgan fingerprint density at radius 2 is 1.59 bits per heavy atom. The minimum atomic E-state index is -5.95. The van der Waals surface area contributed by atoms with Crippen LogP contribution in [0.2, 0.25) is 0 Å². The smallest absolute Gasteiger partial charge is 0.404 e. The van der Waals surface area contributed by atoms with E-state index >= 15 is 4.79 Å². The molecule has 5 atom stereocenters. The average molecular weight is 1210 g/mol. The molecule has 4 aliphatic rings. The van der Waals surface area contributed by atoms with Crippen molar-refractivity contribution in [2.75, 3.05) is 19.7 Å². The van der Waals surface area contributed by atoms with Gasteiger partial charge in [0.2, 0.25) is 35.4 Å². The summed E-state index contributed by atoms with van der Waals surface area (Å²) >= 11 is 0.822. The molecule has 1 unspecified atom stereocenters. The number of alkyl halides is 2. The number of fused-ring (bicyclic) bond motifs is 3. The normalized spacial score (nSPS) is 19.3. The van der Waals surface area contributed by atoms with Crippen molar-refractivity contribution in [3.05, 3.63) is 141 Å². The Bertz CT molecular complexity index is 3580. The second kappa shape index (κ2) is 25.8. The average Bonchev–Trinajstić information content (AvgIpc) is 2.58. The molecule has 446 valence electrons. The summed E-state index contributed by atoms with van der Waals surface area (Å²) in [5.74, 6) is -0.263. The van der Waals surface area contributed by atoms with Gasteiger partial charge in [0.05, 0.1) is 10.9 Å². The molecule has 5 heterocycles. The third-order valence-electron chi connectivity index (χ3n) is 15.3. The van der Waals surface area contributed by atoms with Gasteiger partial charge >= 0.3 is 19.4 Å².